The first-order valence-corrected chi connectivity index (χ1v) is 9.61. The lowest BCUT2D eigenvalue weighted by Crippen LogP contribution is -2.56. The summed E-state index contributed by atoms with van der Waals surface area (Å²) in [6.07, 6.45) is 7.88. The van der Waals surface area contributed by atoms with E-state index in [2.05, 4.69) is 16.3 Å². The number of methoxy groups -OCH3 is 2. The van der Waals surface area contributed by atoms with E-state index in [9.17, 15) is 0 Å². The zero-order valence-corrected chi connectivity index (χ0v) is 15.6. The average Bonchev–Trinajstić information content (AvgIpc) is 2.69. The molecule has 1 heterocycles. The van der Waals surface area contributed by atoms with Crippen LogP contribution in [0.15, 0.2) is 18.2 Å². The van der Waals surface area contributed by atoms with E-state index < -0.39 is 0 Å². The number of rotatable bonds is 7. The van der Waals surface area contributed by atoms with Crippen molar-refractivity contribution in [1.82, 2.24) is 10.2 Å². The zero-order valence-electron chi connectivity index (χ0n) is 15.6. The third-order valence-electron chi connectivity index (χ3n) is 5.43. The van der Waals surface area contributed by atoms with E-state index in [1.807, 2.05) is 12.1 Å². The Morgan fingerprint density at radius 3 is 2.64 bits per heavy atom. The molecule has 2 fully saturated rings. The summed E-state index contributed by atoms with van der Waals surface area (Å²) in [5.41, 5.74) is 1.21. The predicted molar refractivity (Wildman–Crippen MR) is 99.4 cm³/mol. The highest BCUT2D eigenvalue weighted by Crippen LogP contribution is 2.28. The molecule has 0 radical (unpaired) electrons. The Bertz CT molecular complexity index is 532. The Morgan fingerprint density at radius 2 is 1.88 bits per heavy atom. The summed E-state index contributed by atoms with van der Waals surface area (Å²) >= 11 is 0. The number of hydrogen-bond donors (Lipinski definition) is 1. The maximum Gasteiger partial charge on any atom is 0.160 e. The summed E-state index contributed by atoms with van der Waals surface area (Å²) in [6, 6.07) is 6.80. The van der Waals surface area contributed by atoms with Crippen LogP contribution in [0.3, 0.4) is 0 Å². The van der Waals surface area contributed by atoms with Gasteiger partial charge in [-0.3, -0.25) is 4.90 Å². The van der Waals surface area contributed by atoms with Crippen molar-refractivity contribution in [3.05, 3.63) is 23.8 Å². The molecule has 5 heteroatoms. The molecule has 0 amide bonds. The molecule has 25 heavy (non-hydrogen) atoms. The van der Waals surface area contributed by atoms with Gasteiger partial charge in [0.05, 0.1) is 20.8 Å². The van der Waals surface area contributed by atoms with Crippen LogP contribution in [0.1, 0.15) is 37.7 Å². The molecular formula is C20H32N2O3. The van der Waals surface area contributed by atoms with Crippen LogP contribution >= 0.6 is 0 Å². The van der Waals surface area contributed by atoms with Crippen LogP contribution in [0, 0.1) is 0 Å². The summed E-state index contributed by atoms with van der Waals surface area (Å²) in [6.45, 7) is 3.84. The summed E-state index contributed by atoms with van der Waals surface area (Å²) in [5, 5.41) is 3.48. The van der Waals surface area contributed by atoms with Crippen molar-refractivity contribution < 1.29 is 14.2 Å². The molecule has 1 saturated heterocycles. The van der Waals surface area contributed by atoms with Gasteiger partial charge in [-0.05, 0) is 37.0 Å². The fourth-order valence-corrected chi connectivity index (χ4v) is 4.03. The summed E-state index contributed by atoms with van der Waals surface area (Å²) in [5.74, 6) is 1.55. The van der Waals surface area contributed by atoms with Crippen LogP contribution in [0.2, 0.25) is 0 Å². The van der Waals surface area contributed by atoms with Gasteiger partial charge >= 0.3 is 0 Å². The molecule has 0 aromatic heterocycles. The molecule has 1 atom stereocenters. The normalized spacial score (nSPS) is 22.7. The van der Waals surface area contributed by atoms with Crippen LogP contribution in [-0.4, -0.2) is 57.6 Å². The fraction of sp³-hybridized carbons (Fsp3) is 0.700. The van der Waals surface area contributed by atoms with E-state index in [0.717, 1.165) is 44.2 Å². The van der Waals surface area contributed by atoms with E-state index in [1.54, 1.807) is 14.2 Å². The van der Waals surface area contributed by atoms with Gasteiger partial charge in [0.1, 0.15) is 6.23 Å². The van der Waals surface area contributed by atoms with Crippen molar-refractivity contribution in [2.45, 2.75) is 50.8 Å². The first-order chi connectivity index (χ1) is 12.3. The Balaban J connectivity index is 1.52. The largest absolute Gasteiger partial charge is 0.493 e. The Morgan fingerprint density at radius 1 is 1.08 bits per heavy atom. The number of benzene rings is 1. The van der Waals surface area contributed by atoms with Gasteiger partial charge in [-0.15, -0.1) is 0 Å². The van der Waals surface area contributed by atoms with Crippen molar-refractivity contribution in [3.63, 3.8) is 0 Å². The highest BCUT2D eigenvalue weighted by atomic mass is 16.5. The monoisotopic (exact) mass is 348 g/mol. The molecule has 3 rings (SSSR count). The Hall–Kier alpha value is -1.30. The molecule has 2 aliphatic rings. The van der Waals surface area contributed by atoms with Gasteiger partial charge < -0.3 is 19.5 Å². The second-order valence-corrected chi connectivity index (χ2v) is 7.00. The maximum absolute atomic E-state index is 6.27. The molecule has 0 bridgehead atoms. The van der Waals surface area contributed by atoms with E-state index in [1.165, 1.54) is 37.7 Å². The van der Waals surface area contributed by atoms with Gasteiger partial charge in [0.25, 0.3) is 0 Å². The molecule has 0 spiro atoms. The summed E-state index contributed by atoms with van der Waals surface area (Å²) < 4.78 is 17.0. The number of ether oxygens (including phenoxy) is 3. The summed E-state index contributed by atoms with van der Waals surface area (Å²) in [7, 11) is 3.34. The minimum Gasteiger partial charge on any atom is -0.493 e. The lowest BCUT2D eigenvalue weighted by molar-refractivity contribution is -0.0942. The van der Waals surface area contributed by atoms with Gasteiger partial charge in [0.2, 0.25) is 0 Å². The van der Waals surface area contributed by atoms with Gasteiger partial charge in [-0.2, -0.15) is 0 Å². The molecule has 0 unspecified atom stereocenters. The second kappa shape index (κ2) is 9.41. The van der Waals surface area contributed by atoms with E-state index >= 15 is 0 Å². The van der Waals surface area contributed by atoms with Crippen LogP contribution in [0.25, 0.3) is 0 Å². The minimum atomic E-state index is 0.206. The van der Waals surface area contributed by atoms with Crippen molar-refractivity contribution in [3.8, 4) is 11.5 Å². The van der Waals surface area contributed by atoms with Gasteiger partial charge in [0.15, 0.2) is 11.5 Å². The first-order valence-electron chi connectivity index (χ1n) is 9.61. The molecule has 1 aliphatic heterocycles. The molecule has 1 saturated carbocycles. The topological polar surface area (TPSA) is 43.0 Å². The first kappa shape index (κ1) is 18.5. The number of hydrogen-bond acceptors (Lipinski definition) is 5. The quantitative estimate of drug-likeness (QED) is 0.821. The lowest BCUT2D eigenvalue weighted by atomic mass is 9.93. The minimum absolute atomic E-state index is 0.206. The standard InChI is InChI=1S/C20H32N2O3/c1-23-18-9-8-16(14-19(18)24-2)10-13-25-20-15-21-11-12-22(20)17-6-4-3-5-7-17/h8-9,14,17,20-21H,3-7,10-13,15H2,1-2H3/t20-/m0/s1. The third kappa shape index (κ3) is 4.87. The van der Waals surface area contributed by atoms with Gasteiger partial charge in [0, 0.05) is 25.7 Å². The number of piperazine rings is 1. The highest BCUT2D eigenvalue weighted by Gasteiger charge is 2.30. The van der Waals surface area contributed by atoms with Crippen molar-refractivity contribution in [2.75, 3.05) is 40.5 Å². The van der Waals surface area contributed by atoms with Gasteiger partial charge in [-0.25, -0.2) is 0 Å². The molecule has 1 aliphatic carbocycles. The van der Waals surface area contributed by atoms with Crippen molar-refractivity contribution in [2.24, 2.45) is 0 Å². The zero-order chi connectivity index (χ0) is 17.5. The molecule has 140 valence electrons. The average molecular weight is 348 g/mol. The second-order valence-electron chi connectivity index (χ2n) is 7.00. The molecule has 1 aromatic carbocycles. The third-order valence-corrected chi connectivity index (χ3v) is 5.43. The van der Waals surface area contributed by atoms with E-state index in [-0.39, 0.29) is 6.23 Å². The van der Waals surface area contributed by atoms with E-state index in [0.29, 0.717) is 6.04 Å². The SMILES string of the molecule is COc1ccc(CCO[C@H]2CNCCN2C2CCCCC2)cc1OC. The van der Waals surface area contributed by atoms with Gasteiger partial charge in [-0.1, -0.05) is 25.3 Å². The lowest BCUT2D eigenvalue weighted by Gasteiger charge is -2.42. The fourth-order valence-electron chi connectivity index (χ4n) is 4.03. The highest BCUT2D eigenvalue weighted by molar-refractivity contribution is 5.42. The number of nitrogens with zero attached hydrogens (tertiary/aromatic N) is 1. The smallest absolute Gasteiger partial charge is 0.160 e. The van der Waals surface area contributed by atoms with Crippen LogP contribution < -0.4 is 14.8 Å². The maximum atomic E-state index is 6.27. The molecular weight excluding hydrogens is 316 g/mol. The Labute approximate surface area is 151 Å². The van der Waals surface area contributed by atoms with E-state index in [4.69, 9.17) is 14.2 Å². The van der Waals surface area contributed by atoms with Crippen LogP contribution in [0.4, 0.5) is 0 Å². The molecule has 1 aromatic rings. The van der Waals surface area contributed by atoms with Crippen molar-refractivity contribution >= 4 is 0 Å². The molecule has 1 N–H and O–H groups in total. The van der Waals surface area contributed by atoms with Crippen molar-refractivity contribution in [1.29, 1.82) is 0 Å². The van der Waals surface area contributed by atoms with Crippen LogP contribution in [0.5, 0.6) is 11.5 Å². The van der Waals surface area contributed by atoms with Crippen LogP contribution in [-0.2, 0) is 11.2 Å². The molecule has 5 nitrogen and oxygen atoms in total. The Kier molecular flexibility index (Phi) is 6.96. The predicted octanol–water partition coefficient (Wildman–Crippen LogP) is 2.83. The number of nitrogens with one attached hydrogen (secondary N) is 1. The summed E-state index contributed by atoms with van der Waals surface area (Å²) in [4.78, 5) is 2.60.